The van der Waals surface area contributed by atoms with Crippen LogP contribution >= 0.6 is 23.2 Å². The van der Waals surface area contributed by atoms with Crippen molar-refractivity contribution in [3.63, 3.8) is 0 Å². The van der Waals surface area contributed by atoms with Crippen LogP contribution in [0.15, 0.2) is 84.1 Å². The lowest BCUT2D eigenvalue weighted by Gasteiger charge is -2.15. The van der Waals surface area contributed by atoms with Gasteiger partial charge in [-0.1, -0.05) is 77.8 Å². The fourth-order valence-corrected chi connectivity index (χ4v) is 5.07. The molecular weight excluding hydrogens is 495 g/mol. The van der Waals surface area contributed by atoms with E-state index in [2.05, 4.69) is 15.1 Å². The summed E-state index contributed by atoms with van der Waals surface area (Å²) >= 11 is 12.4. The van der Waals surface area contributed by atoms with Crippen molar-refractivity contribution in [2.75, 3.05) is 13.1 Å². The van der Waals surface area contributed by atoms with Gasteiger partial charge in [0.05, 0.1) is 6.21 Å². The molecule has 0 bridgehead atoms. The molecule has 0 aliphatic carbocycles. The summed E-state index contributed by atoms with van der Waals surface area (Å²) in [5, 5.41) is 6.37. The molecule has 2 amide bonds. The van der Waals surface area contributed by atoms with Crippen molar-refractivity contribution in [2.45, 2.75) is 18.9 Å². The van der Waals surface area contributed by atoms with Gasteiger partial charge in [-0.3, -0.25) is 9.59 Å². The molecule has 4 aromatic rings. The van der Waals surface area contributed by atoms with Gasteiger partial charge in [0, 0.05) is 58.1 Å². The molecule has 1 aromatic heterocycles. The van der Waals surface area contributed by atoms with E-state index < -0.39 is 0 Å². The van der Waals surface area contributed by atoms with Crippen LogP contribution < -0.4 is 5.43 Å². The van der Waals surface area contributed by atoms with Gasteiger partial charge in [0.15, 0.2) is 0 Å². The normalized spacial score (nSPS) is 15.8. The highest BCUT2D eigenvalue weighted by atomic mass is 35.5. The topological polar surface area (TPSA) is 66.7 Å². The fraction of sp³-hybridized carbons (Fsp3) is 0.179. The molecule has 8 heteroatoms. The van der Waals surface area contributed by atoms with Crippen LogP contribution in [0.25, 0.3) is 10.9 Å². The van der Waals surface area contributed by atoms with Gasteiger partial charge < -0.3 is 9.47 Å². The molecule has 0 radical (unpaired) electrons. The number of rotatable bonds is 7. The Hall–Kier alpha value is -3.61. The van der Waals surface area contributed by atoms with Gasteiger partial charge in [-0.15, -0.1) is 0 Å². The van der Waals surface area contributed by atoms with Crippen molar-refractivity contribution in [1.82, 2.24) is 14.9 Å². The largest absolute Gasteiger partial charge is 0.342 e. The summed E-state index contributed by atoms with van der Waals surface area (Å²) in [4.78, 5) is 26.5. The van der Waals surface area contributed by atoms with E-state index in [1.165, 1.54) is 0 Å². The van der Waals surface area contributed by atoms with E-state index in [1.54, 1.807) is 17.2 Å². The van der Waals surface area contributed by atoms with Crippen LogP contribution in [-0.2, 0) is 16.1 Å². The third-order valence-corrected chi connectivity index (χ3v) is 6.97. The van der Waals surface area contributed by atoms with E-state index in [4.69, 9.17) is 23.2 Å². The van der Waals surface area contributed by atoms with Crippen molar-refractivity contribution < 1.29 is 9.59 Å². The molecule has 182 valence electrons. The first-order valence-electron chi connectivity index (χ1n) is 11.6. The number of hydrogen-bond acceptors (Lipinski definition) is 3. The molecule has 1 aliphatic rings. The van der Waals surface area contributed by atoms with Gasteiger partial charge in [0.25, 0.3) is 5.91 Å². The standard InChI is InChI=1S/C28H24Cl2N4O2/c29-23-11-10-20(25(30)13-23)15-33-17-22(24-8-4-5-9-26(24)33)14-31-32-27(35)18-34-16-21(12-28(34)36)19-6-2-1-3-7-19/h1-11,13-14,17,21H,12,15-16,18H2,(H,32,35)/b31-14-/t21-/m0/s1. The number of hydrogen-bond donors (Lipinski definition) is 1. The van der Waals surface area contributed by atoms with Gasteiger partial charge >= 0.3 is 0 Å². The smallest absolute Gasteiger partial charge is 0.259 e. The number of aromatic nitrogens is 1. The molecule has 0 spiro atoms. The van der Waals surface area contributed by atoms with E-state index in [-0.39, 0.29) is 24.3 Å². The molecule has 36 heavy (non-hydrogen) atoms. The average molecular weight is 519 g/mol. The van der Waals surface area contributed by atoms with Crippen molar-refractivity contribution in [2.24, 2.45) is 5.10 Å². The summed E-state index contributed by atoms with van der Waals surface area (Å²) in [6.07, 6.45) is 4.01. The fourth-order valence-electron chi connectivity index (χ4n) is 4.60. The van der Waals surface area contributed by atoms with Crippen molar-refractivity contribution >= 4 is 52.1 Å². The van der Waals surface area contributed by atoms with Gasteiger partial charge in [-0.05, 0) is 29.3 Å². The van der Waals surface area contributed by atoms with Crippen LogP contribution in [0.5, 0.6) is 0 Å². The summed E-state index contributed by atoms with van der Waals surface area (Å²) < 4.78 is 2.08. The quantitative estimate of drug-likeness (QED) is 0.260. The zero-order chi connectivity index (χ0) is 25.1. The Balaban J connectivity index is 1.25. The molecule has 5 rings (SSSR count). The molecule has 1 aliphatic heterocycles. The molecule has 0 saturated carbocycles. The highest BCUT2D eigenvalue weighted by Crippen LogP contribution is 2.28. The SMILES string of the molecule is O=C(CN1C[C@@H](c2ccccc2)CC1=O)N/N=C\c1cn(Cc2ccc(Cl)cc2Cl)c2ccccc12. The molecule has 1 fully saturated rings. The maximum atomic E-state index is 12.5. The van der Waals surface area contributed by atoms with Crippen molar-refractivity contribution in [3.05, 3.63) is 106 Å². The second-order valence-corrected chi connectivity index (χ2v) is 9.69. The maximum absolute atomic E-state index is 12.5. The Bertz CT molecular complexity index is 1450. The molecule has 3 aromatic carbocycles. The van der Waals surface area contributed by atoms with E-state index in [9.17, 15) is 9.59 Å². The third-order valence-electron chi connectivity index (χ3n) is 6.39. The Labute approximate surface area is 219 Å². The molecule has 6 nitrogen and oxygen atoms in total. The second-order valence-electron chi connectivity index (χ2n) is 8.84. The maximum Gasteiger partial charge on any atom is 0.259 e. The Morgan fingerprint density at radius 3 is 2.64 bits per heavy atom. The highest BCUT2D eigenvalue weighted by Gasteiger charge is 2.31. The summed E-state index contributed by atoms with van der Waals surface area (Å²) in [5.41, 5.74) is 6.50. The van der Waals surface area contributed by atoms with Crippen LogP contribution in [0, 0.1) is 0 Å². The number of hydrazone groups is 1. The number of amides is 2. The molecule has 1 N–H and O–H groups in total. The number of carbonyl (C=O) groups is 2. The number of nitrogens with one attached hydrogen (secondary N) is 1. The lowest BCUT2D eigenvalue weighted by atomic mass is 9.99. The number of carbonyl (C=O) groups excluding carboxylic acids is 2. The van der Waals surface area contributed by atoms with Gasteiger partial charge in [0.1, 0.15) is 6.54 Å². The van der Waals surface area contributed by atoms with E-state index >= 15 is 0 Å². The molecular formula is C28H24Cl2N4O2. The number of para-hydroxylation sites is 1. The summed E-state index contributed by atoms with van der Waals surface area (Å²) in [6.45, 7) is 1.08. The first kappa shape index (κ1) is 24.1. The number of fused-ring (bicyclic) bond motifs is 1. The summed E-state index contributed by atoms with van der Waals surface area (Å²) in [7, 11) is 0. The first-order chi connectivity index (χ1) is 17.5. The van der Waals surface area contributed by atoms with Crippen LogP contribution in [0.3, 0.4) is 0 Å². The number of nitrogens with zero attached hydrogens (tertiary/aromatic N) is 3. The minimum absolute atomic E-state index is 0.0175. The lowest BCUT2D eigenvalue weighted by Crippen LogP contribution is -2.36. The van der Waals surface area contributed by atoms with Gasteiger partial charge in [-0.2, -0.15) is 5.10 Å². The van der Waals surface area contributed by atoms with E-state index in [0.717, 1.165) is 27.6 Å². The molecule has 2 heterocycles. The summed E-state index contributed by atoms with van der Waals surface area (Å²) in [6, 6.07) is 23.3. The second kappa shape index (κ2) is 10.6. The minimum atomic E-state index is -0.329. The average Bonchev–Trinajstić information content (AvgIpc) is 3.41. The summed E-state index contributed by atoms with van der Waals surface area (Å²) in [5.74, 6) is -0.243. The highest BCUT2D eigenvalue weighted by molar-refractivity contribution is 6.35. The molecule has 1 saturated heterocycles. The van der Waals surface area contributed by atoms with Gasteiger partial charge in [-0.25, -0.2) is 5.43 Å². The predicted octanol–water partition coefficient (Wildman–Crippen LogP) is 5.46. The number of likely N-dealkylation sites (tertiary alicyclic amines) is 1. The Morgan fingerprint density at radius 2 is 1.83 bits per heavy atom. The zero-order valence-corrected chi connectivity index (χ0v) is 20.9. The van der Waals surface area contributed by atoms with Gasteiger partial charge in [0.2, 0.25) is 5.91 Å². The molecule has 1 atom stereocenters. The van der Waals surface area contributed by atoms with Crippen LogP contribution in [0.2, 0.25) is 10.0 Å². The number of benzene rings is 3. The Morgan fingerprint density at radius 1 is 1.06 bits per heavy atom. The van der Waals surface area contributed by atoms with Crippen LogP contribution in [0.4, 0.5) is 0 Å². The monoisotopic (exact) mass is 518 g/mol. The zero-order valence-electron chi connectivity index (χ0n) is 19.4. The van der Waals surface area contributed by atoms with Crippen LogP contribution in [0.1, 0.15) is 29.0 Å². The number of halogens is 2. The predicted molar refractivity (Wildman–Crippen MR) is 144 cm³/mol. The van der Waals surface area contributed by atoms with Crippen LogP contribution in [-0.4, -0.2) is 40.6 Å². The van der Waals surface area contributed by atoms with E-state index in [0.29, 0.717) is 29.6 Å². The van der Waals surface area contributed by atoms with E-state index in [1.807, 2.05) is 72.9 Å². The Kier molecular flexibility index (Phi) is 7.07. The van der Waals surface area contributed by atoms with Crippen molar-refractivity contribution in [1.29, 1.82) is 0 Å². The minimum Gasteiger partial charge on any atom is -0.342 e. The lowest BCUT2D eigenvalue weighted by molar-refractivity contribution is -0.133. The van der Waals surface area contributed by atoms with Crippen molar-refractivity contribution in [3.8, 4) is 0 Å². The third kappa shape index (κ3) is 5.30. The first-order valence-corrected chi connectivity index (χ1v) is 12.4. The molecule has 0 unspecified atom stereocenters.